The Balaban J connectivity index is 0.000000267. The molecule has 8 aromatic rings. The van der Waals surface area contributed by atoms with Crippen molar-refractivity contribution in [3.8, 4) is 22.3 Å². The van der Waals surface area contributed by atoms with Gasteiger partial charge < -0.3 is 83.5 Å². The van der Waals surface area contributed by atoms with Crippen LogP contribution in [0.25, 0.3) is 22.3 Å². The number of carbonyl (C=O) groups excluding carboxylic acids is 5. The van der Waals surface area contributed by atoms with E-state index in [1.165, 1.54) is 77.2 Å². The second kappa shape index (κ2) is 57.1. The number of ketones is 1. The predicted octanol–water partition coefficient (Wildman–Crippen LogP) is 9.77. The average molecular weight is 2340 g/mol. The number of nitrogens with one attached hydrogen (secondary N) is 2. The van der Waals surface area contributed by atoms with Crippen LogP contribution in [0.2, 0.25) is 0 Å². The maximum absolute atomic E-state index is 12.7. The zero-order valence-corrected chi connectivity index (χ0v) is 94.0. The van der Waals surface area contributed by atoms with Crippen LogP contribution in [0.15, 0.2) is 216 Å². The molecule has 32 nitrogen and oxygen atoms in total. The fourth-order valence-corrected chi connectivity index (χ4v) is 23.4. The number of nitrogens with zero attached hydrogens (tertiary/aromatic N) is 4. The minimum atomic E-state index is -4.06. The molecule has 23 atom stereocenters. The maximum Gasteiger partial charge on any atom is 0.410 e. The van der Waals surface area contributed by atoms with Crippen molar-refractivity contribution in [2.75, 3.05) is 92.1 Å². The largest absolute Gasteiger partial charge is 0.448 e. The summed E-state index contributed by atoms with van der Waals surface area (Å²) in [6.45, 7) is 7.46. The number of aliphatic hydroxyl groups is 5. The van der Waals surface area contributed by atoms with Crippen LogP contribution in [0.4, 0.5) is 19.2 Å². The Morgan fingerprint density at radius 3 is 1.08 bits per heavy atom. The van der Waals surface area contributed by atoms with Crippen molar-refractivity contribution in [3.63, 3.8) is 0 Å². The quantitative estimate of drug-likeness (QED) is 0.0302. The Morgan fingerprint density at radius 2 is 0.669 bits per heavy atom. The molecule has 4 amide bonds. The number of hydrogen-bond acceptors (Lipinski definition) is 28. The Labute approximate surface area is 940 Å². The number of aryl methyl sites for hydroxylation is 2. The fourth-order valence-electron chi connectivity index (χ4n) is 19.8. The summed E-state index contributed by atoms with van der Waals surface area (Å²) in [6.07, 6.45) is -9.20. The van der Waals surface area contributed by atoms with E-state index in [9.17, 15) is 66.3 Å². The lowest BCUT2D eigenvalue weighted by atomic mass is 9.98. The molecule has 8 aromatic carbocycles. The van der Waals surface area contributed by atoms with Crippen LogP contribution in [0, 0.1) is 13.8 Å². The highest BCUT2D eigenvalue weighted by atomic mass is 35.5. The summed E-state index contributed by atoms with van der Waals surface area (Å²) in [7, 11) is -7.88. The monoisotopic (exact) mass is 2330 g/mol. The standard InChI is InChI=1S/C21H20ClNO4.C21H18ClNO4.C21H23NO7S.C14H16ClNO4.C13H17NO5S.C6H10ClNO2.11H2S/c2*22-17-9-23(19-18(24)11-26-20(17)19)21(25)27-10-16-14-7-3-1-5-12(14)13-6-2-4-8-15(13)16;1-14-7-9-16(10-8-14)30(25,26)29-18-11-22(19-17(23)13-27-20(18)19)21(24)28-12-15-5-3-2-4-6-15;15-10-6-16(12-11(17)8-19-13(10)12)14(18)20-7-9-4-2-1-3-5-9;1-8-2-4-9(5-3-8)20(16,17)19-11-6-14-12-10(15)7-18-13(11)12;7-3-1-8-5-4(9)2-10-6(3)5;;;;;;;;;;;/h1-8,16-20,24H,9-11H2;1-8,16-17,19-20H,9-11H2;2-10,17-20,23H,11-13H2,1H3;1-5,10-13,17H,6-8H2;2-5,10-15H,6-7H2,1H3;3-6,8-9H,1-2H2;11*1H2/t17-,18-,19+,20+;17-,19+,20+;17-,18+,19+,20+;10-,11-,12+,13+;10-,11+,12+,13+;3-,4-,5+,6+;;;;;;;;;;;/m000000.........../s1. The number of benzene rings is 8. The summed E-state index contributed by atoms with van der Waals surface area (Å²) in [4.78, 5) is 68.2. The Kier molecular flexibility index (Phi) is 50.6. The molecule has 0 radical (unpaired) electrons. The molecule has 0 bridgehead atoms. The second-order valence-electron chi connectivity index (χ2n) is 35.0. The van der Waals surface area contributed by atoms with Crippen LogP contribution in [0.3, 0.4) is 0 Å². The SMILES string of the molecule is Cc1ccc(S(=O)(=O)O[C@@H]2CN(C(=O)OCc3ccccc3)[C@H]3[C@@H]2OC[C@@H]3O)cc1.Cc1ccc(S(=O)(=O)O[C@@H]2CN[C@H]3[C@@H]2OC[C@@H]3O)cc1.O=C(OCC1c2ccccc2-c2ccccc21)N1C[C@H](Cl)[C@H]2OC[C@H](O)[C@H]21.O=C(OCc1ccccc1)N1C[C@H](Cl)[C@H]2OC[C@H](O)[C@H]21.O=C1CO[C@H]2[C@@H]1N(C(=O)OCC1c3ccccc3-c3ccccc31)C[C@@H]2Cl.O[C@H]1CO[C@H]2[C@@H]1NC[C@@H]2Cl.S.S.S.S.S.S.S.S.S.S.S. The van der Waals surface area contributed by atoms with Crippen molar-refractivity contribution in [1.82, 2.24) is 30.2 Å². The van der Waals surface area contributed by atoms with Gasteiger partial charge in [0.2, 0.25) is 0 Å². The average Bonchev–Trinajstić information content (AvgIpc) is 1.61. The lowest BCUT2D eigenvalue weighted by Gasteiger charge is -2.25. The van der Waals surface area contributed by atoms with Crippen LogP contribution >= 0.6 is 195 Å². The van der Waals surface area contributed by atoms with Gasteiger partial charge in [0.1, 0.15) is 87.9 Å². The van der Waals surface area contributed by atoms with Crippen LogP contribution in [0.1, 0.15) is 56.3 Å². The van der Waals surface area contributed by atoms with Crippen molar-refractivity contribution in [3.05, 3.63) is 251 Å². The second-order valence-corrected chi connectivity index (χ2v) is 40.4. The maximum atomic E-state index is 12.7. The molecule has 0 spiro atoms. The summed E-state index contributed by atoms with van der Waals surface area (Å²) >= 11 is 24.6. The molecule has 12 fully saturated rings. The summed E-state index contributed by atoms with van der Waals surface area (Å²) < 4.78 is 115. The van der Waals surface area contributed by atoms with E-state index in [0.717, 1.165) is 39.9 Å². The van der Waals surface area contributed by atoms with Crippen molar-refractivity contribution < 1.29 is 122 Å². The number of halogens is 4. The van der Waals surface area contributed by atoms with Crippen molar-refractivity contribution in [2.24, 2.45) is 0 Å². The lowest BCUT2D eigenvalue weighted by molar-refractivity contribution is -0.121. The van der Waals surface area contributed by atoms with E-state index >= 15 is 0 Å². The van der Waals surface area contributed by atoms with Gasteiger partial charge in [0.05, 0.1) is 132 Å². The zero-order chi connectivity index (χ0) is 94.0. The highest BCUT2D eigenvalue weighted by Gasteiger charge is 2.58. The van der Waals surface area contributed by atoms with Gasteiger partial charge >= 0.3 is 24.4 Å². The van der Waals surface area contributed by atoms with E-state index in [-0.39, 0.29) is 306 Å². The lowest BCUT2D eigenvalue weighted by Crippen LogP contribution is -2.44. The minimum absolute atomic E-state index is 0. The number of likely N-dealkylation sites (tertiary alicyclic amines) is 4. The molecule has 0 unspecified atom stereocenters. The molecule has 12 aliphatic heterocycles. The molecule has 7 N–H and O–H groups in total. The van der Waals surface area contributed by atoms with E-state index in [0.29, 0.717) is 26.2 Å². The molecule has 145 heavy (non-hydrogen) atoms. The minimum Gasteiger partial charge on any atom is -0.448 e. The predicted molar refractivity (Wildman–Crippen MR) is 602 cm³/mol. The van der Waals surface area contributed by atoms with E-state index < -0.39 is 124 Å². The molecular formula is C96H126Cl4N6O26S13. The van der Waals surface area contributed by atoms with Crippen LogP contribution in [-0.4, -0.2) is 321 Å². The van der Waals surface area contributed by atoms with Crippen molar-refractivity contribution in [1.29, 1.82) is 0 Å². The van der Waals surface area contributed by atoms with Crippen LogP contribution < -0.4 is 10.6 Å². The van der Waals surface area contributed by atoms with Crippen LogP contribution in [0.5, 0.6) is 0 Å². The van der Waals surface area contributed by atoms with Crippen molar-refractivity contribution >= 4 is 245 Å². The molecule has 0 saturated carbocycles. The molecule has 22 rings (SSSR count). The number of hydrogen-bond donors (Lipinski definition) is 7. The third-order valence-corrected chi connectivity index (χ3v) is 30.7. The smallest absolute Gasteiger partial charge is 0.410 e. The van der Waals surface area contributed by atoms with Gasteiger partial charge in [-0.2, -0.15) is 165 Å². The number of Topliss-reactive ketones (excluding diaryl/α,β-unsaturated/α-hetero) is 1. The van der Waals surface area contributed by atoms with Gasteiger partial charge in [0.15, 0.2) is 5.78 Å². The molecule has 12 heterocycles. The van der Waals surface area contributed by atoms with Gasteiger partial charge in [-0.1, -0.05) is 193 Å². The van der Waals surface area contributed by atoms with E-state index in [1.807, 2.05) is 123 Å². The van der Waals surface area contributed by atoms with E-state index in [2.05, 4.69) is 59.2 Å². The molecule has 802 valence electrons. The molecule has 49 heteroatoms. The molecule has 12 saturated heterocycles. The Morgan fingerprint density at radius 1 is 0.352 bits per heavy atom. The first-order valence-corrected chi connectivity index (χ1v) is 49.0. The molecule has 2 aliphatic carbocycles. The number of fused-ring (bicyclic) bond motifs is 12. The van der Waals surface area contributed by atoms with Gasteiger partial charge in [-0.3, -0.25) is 32.8 Å². The van der Waals surface area contributed by atoms with Gasteiger partial charge in [0, 0.05) is 44.6 Å². The number of carbonyl (C=O) groups is 5. The highest BCUT2D eigenvalue weighted by molar-refractivity contribution is 7.87. The number of ether oxygens (including phenoxy) is 10. The number of rotatable bonds is 14. The third kappa shape index (κ3) is 28.7. The summed E-state index contributed by atoms with van der Waals surface area (Å²) in [6, 6.07) is 61.8. The first-order chi connectivity index (χ1) is 64.6. The topological polar surface area (TPSA) is 403 Å². The number of amides is 4. The molecule has 14 aliphatic rings. The first kappa shape index (κ1) is 128. The van der Waals surface area contributed by atoms with E-state index in [4.69, 9.17) is 102 Å². The van der Waals surface area contributed by atoms with Crippen LogP contribution in [-0.2, 0) is 94.0 Å². The number of alkyl halides is 4. The molecule has 0 aromatic heterocycles. The Hall–Kier alpha value is -5.18. The summed E-state index contributed by atoms with van der Waals surface area (Å²) in [5, 5.41) is 54.4. The van der Waals surface area contributed by atoms with Gasteiger partial charge in [-0.05, 0) is 93.7 Å². The van der Waals surface area contributed by atoms with Gasteiger partial charge in [0.25, 0.3) is 20.2 Å². The third-order valence-electron chi connectivity index (χ3n) is 26.4. The molecular weight excluding hydrogens is 2210 g/mol. The normalized spacial score (nSPS) is 28.3. The fraction of sp³-hybridized carbons (Fsp3) is 0.448. The highest BCUT2D eigenvalue weighted by Crippen LogP contribution is 2.48. The number of aliphatic hydroxyl groups excluding tert-OH is 5. The van der Waals surface area contributed by atoms with Crippen molar-refractivity contribution in [2.45, 2.75) is 186 Å². The Bertz CT molecular complexity index is 5660. The zero-order valence-electron chi connectivity index (χ0n) is 78.3. The first-order valence-electron chi connectivity index (χ1n) is 44.4. The summed E-state index contributed by atoms with van der Waals surface area (Å²) in [5.74, 6) is -0.116. The van der Waals surface area contributed by atoms with Gasteiger partial charge in [-0.25, -0.2) is 19.2 Å². The van der Waals surface area contributed by atoms with Gasteiger partial charge in [-0.15, -0.1) is 46.4 Å². The summed E-state index contributed by atoms with van der Waals surface area (Å²) in [5.41, 5.74) is 13.0. The van der Waals surface area contributed by atoms with E-state index in [1.54, 1.807) is 24.3 Å².